The van der Waals surface area contributed by atoms with Crippen LogP contribution in [0.3, 0.4) is 0 Å². The number of nitrogens with one attached hydrogen (secondary N) is 2. The van der Waals surface area contributed by atoms with Gasteiger partial charge in [-0.05, 0) is 36.4 Å². The first-order valence-electron chi connectivity index (χ1n) is 6.06. The molecule has 7 heteroatoms. The minimum atomic E-state index is -0.0963. The van der Waals surface area contributed by atoms with Crippen LogP contribution in [0.4, 0.5) is 5.95 Å². The van der Waals surface area contributed by atoms with Crippen molar-refractivity contribution in [1.82, 2.24) is 25.5 Å². The summed E-state index contributed by atoms with van der Waals surface area (Å²) in [7, 11) is 0. The molecular weight excluding hydrogens is 244 g/mol. The van der Waals surface area contributed by atoms with Crippen LogP contribution in [0.5, 0.6) is 0 Å². The molecule has 0 saturated carbocycles. The molecule has 0 aliphatic rings. The number of carbonyl (C=O) groups is 1. The zero-order valence-corrected chi connectivity index (χ0v) is 10.9. The maximum absolute atomic E-state index is 11.4. The van der Waals surface area contributed by atoms with Gasteiger partial charge in [0.15, 0.2) is 0 Å². The van der Waals surface area contributed by atoms with Crippen LogP contribution in [0.15, 0.2) is 24.3 Å². The van der Waals surface area contributed by atoms with Crippen molar-refractivity contribution < 1.29 is 4.79 Å². The smallest absolute Gasteiger partial charge is 0.248 e. The molecule has 0 fully saturated rings. The van der Waals surface area contributed by atoms with Gasteiger partial charge < -0.3 is 10.6 Å². The van der Waals surface area contributed by atoms with Crippen LogP contribution < -0.4 is 10.6 Å². The highest BCUT2D eigenvalue weighted by atomic mass is 16.1. The second kappa shape index (κ2) is 5.94. The van der Waals surface area contributed by atoms with Crippen LogP contribution in [0.2, 0.25) is 0 Å². The molecule has 0 aliphatic heterocycles. The number of tetrazole rings is 1. The van der Waals surface area contributed by atoms with Crippen LogP contribution in [0, 0.1) is 6.92 Å². The van der Waals surface area contributed by atoms with Gasteiger partial charge in [-0.25, -0.2) is 0 Å². The molecule has 0 bridgehead atoms. The van der Waals surface area contributed by atoms with E-state index in [4.69, 9.17) is 0 Å². The van der Waals surface area contributed by atoms with Gasteiger partial charge >= 0.3 is 0 Å². The van der Waals surface area contributed by atoms with E-state index in [1.807, 2.05) is 38.1 Å². The van der Waals surface area contributed by atoms with Gasteiger partial charge in [-0.1, -0.05) is 22.8 Å². The molecule has 100 valence electrons. The SMILES string of the molecule is CCNC(=O)CNc1nnnn1-c1ccc(C)cc1. The Morgan fingerprint density at radius 3 is 2.74 bits per heavy atom. The summed E-state index contributed by atoms with van der Waals surface area (Å²) in [5.41, 5.74) is 2.00. The Labute approximate surface area is 111 Å². The lowest BCUT2D eigenvalue weighted by molar-refractivity contribution is -0.119. The minimum Gasteiger partial charge on any atom is -0.355 e. The monoisotopic (exact) mass is 260 g/mol. The van der Waals surface area contributed by atoms with Gasteiger partial charge in [0.25, 0.3) is 0 Å². The molecule has 0 unspecified atom stereocenters. The maximum atomic E-state index is 11.4. The molecule has 2 aromatic rings. The fourth-order valence-electron chi connectivity index (χ4n) is 1.58. The summed E-state index contributed by atoms with van der Waals surface area (Å²) in [6.45, 7) is 4.62. The molecular formula is C12H16N6O. The highest BCUT2D eigenvalue weighted by molar-refractivity contribution is 5.80. The Balaban J connectivity index is 2.09. The normalized spacial score (nSPS) is 10.2. The van der Waals surface area contributed by atoms with Crippen LogP contribution >= 0.6 is 0 Å². The predicted molar refractivity (Wildman–Crippen MR) is 71.1 cm³/mol. The summed E-state index contributed by atoms with van der Waals surface area (Å²) in [5.74, 6) is 0.344. The number of hydrogen-bond acceptors (Lipinski definition) is 5. The Morgan fingerprint density at radius 1 is 1.32 bits per heavy atom. The van der Waals surface area contributed by atoms with E-state index in [1.54, 1.807) is 4.68 Å². The van der Waals surface area contributed by atoms with Crippen molar-refractivity contribution in [2.75, 3.05) is 18.4 Å². The zero-order chi connectivity index (χ0) is 13.7. The van der Waals surface area contributed by atoms with Gasteiger partial charge in [-0.2, -0.15) is 4.68 Å². The molecule has 0 radical (unpaired) electrons. The Kier molecular flexibility index (Phi) is 4.07. The van der Waals surface area contributed by atoms with E-state index in [0.717, 1.165) is 11.3 Å². The van der Waals surface area contributed by atoms with Crippen molar-refractivity contribution >= 4 is 11.9 Å². The van der Waals surface area contributed by atoms with Crippen molar-refractivity contribution in [3.63, 3.8) is 0 Å². The first kappa shape index (κ1) is 13.0. The topological polar surface area (TPSA) is 84.7 Å². The molecule has 7 nitrogen and oxygen atoms in total. The van der Waals surface area contributed by atoms with E-state index in [0.29, 0.717) is 12.5 Å². The van der Waals surface area contributed by atoms with E-state index in [2.05, 4.69) is 26.2 Å². The Morgan fingerprint density at radius 2 is 2.05 bits per heavy atom. The molecule has 0 atom stereocenters. The van der Waals surface area contributed by atoms with Gasteiger partial charge in [0.1, 0.15) is 0 Å². The van der Waals surface area contributed by atoms with Crippen molar-refractivity contribution in [2.45, 2.75) is 13.8 Å². The number of hydrogen-bond donors (Lipinski definition) is 2. The molecule has 1 aromatic carbocycles. The molecule has 19 heavy (non-hydrogen) atoms. The van der Waals surface area contributed by atoms with Crippen molar-refractivity contribution in [2.24, 2.45) is 0 Å². The number of amides is 1. The number of benzene rings is 1. The summed E-state index contributed by atoms with van der Waals surface area (Å²) in [5, 5.41) is 17.0. The quantitative estimate of drug-likeness (QED) is 0.818. The minimum absolute atomic E-state index is 0.0963. The number of anilines is 1. The second-order valence-electron chi connectivity index (χ2n) is 4.06. The van der Waals surface area contributed by atoms with E-state index in [9.17, 15) is 4.79 Å². The van der Waals surface area contributed by atoms with E-state index in [-0.39, 0.29) is 12.5 Å². The van der Waals surface area contributed by atoms with Gasteiger partial charge in [-0.3, -0.25) is 4.79 Å². The van der Waals surface area contributed by atoms with Crippen molar-refractivity contribution in [1.29, 1.82) is 0 Å². The first-order chi connectivity index (χ1) is 9.20. The van der Waals surface area contributed by atoms with Gasteiger partial charge in [0.05, 0.1) is 12.2 Å². The molecule has 1 amide bonds. The van der Waals surface area contributed by atoms with Gasteiger partial charge in [0, 0.05) is 6.54 Å². The number of aryl methyl sites for hydroxylation is 1. The van der Waals surface area contributed by atoms with Crippen LogP contribution in [0.25, 0.3) is 5.69 Å². The van der Waals surface area contributed by atoms with Crippen molar-refractivity contribution in [3.05, 3.63) is 29.8 Å². The average molecular weight is 260 g/mol. The third-order valence-electron chi connectivity index (χ3n) is 2.53. The van der Waals surface area contributed by atoms with E-state index >= 15 is 0 Å². The highest BCUT2D eigenvalue weighted by Crippen LogP contribution is 2.11. The summed E-state index contributed by atoms with van der Waals surface area (Å²) in [6.07, 6.45) is 0. The van der Waals surface area contributed by atoms with Crippen LogP contribution in [-0.4, -0.2) is 39.2 Å². The third-order valence-corrected chi connectivity index (χ3v) is 2.53. The van der Waals surface area contributed by atoms with E-state index < -0.39 is 0 Å². The summed E-state index contributed by atoms with van der Waals surface area (Å²) in [6, 6.07) is 7.79. The highest BCUT2D eigenvalue weighted by Gasteiger charge is 2.08. The molecule has 2 rings (SSSR count). The van der Waals surface area contributed by atoms with Crippen molar-refractivity contribution in [3.8, 4) is 5.69 Å². The summed E-state index contributed by atoms with van der Waals surface area (Å²) >= 11 is 0. The number of carbonyl (C=O) groups excluding carboxylic acids is 1. The van der Waals surface area contributed by atoms with Gasteiger partial charge in [-0.15, -0.1) is 0 Å². The number of rotatable bonds is 5. The molecule has 2 N–H and O–H groups in total. The fourth-order valence-corrected chi connectivity index (χ4v) is 1.58. The second-order valence-corrected chi connectivity index (χ2v) is 4.06. The fraction of sp³-hybridized carbons (Fsp3) is 0.333. The molecule has 1 aromatic heterocycles. The number of aromatic nitrogens is 4. The lowest BCUT2D eigenvalue weighted by Gasteiger charge is -2.07. The lowest BCUT2D eigenvalue weighted by Crippen LogP contribution is -2.30. The number of nitrogens with zero attached hydrogens (tertiary/aromatic N) is 4. The van der Waals surface area contributed by atoms with Gasteiger partial charge in [0.2, 0.25) is 11.9 Å². The standard InChI is InChI=1S/C12H16N6O/c1-3-13-11(19)8-14-12-15-16-17-18(12)10-6-4-9(2)5-7-10/h4-7H,3,8H2,1-2H3,(H,13,19)(H,14,15,17). The zero-order valence-electron chi connectivity index (χ0n) is 10.9. The average Bonchev–Trinajstić information content (AvgIpc) is 2.86. The Hall–Kier alpha value is -2.44. The maximum Gasteiger partial charge on any atom is 0.248 e. The molecule has 0 spiro atoms. The summed E-state index contributed by atoms with van der Waals surface area (Å²) < 4.78 is 1.55. The molecule has 0 aliphatic carbocycles. The lowest BCUT2D eigenvalue weighted by atomic mass is 10.2. The summed E-state index contributed by atoms with van der Waals surface area (Å²) in [4.78, 5) is 11.4. The first-order valence-corrected chi connectivity index (χ1v) is 6.06. The van der Waals surface area contributed by atoms with Crippen LogP contribution in [-0.2, 0) is 4.79 Å². The third kappa shape index (κ3) is 3.27. The molecule has 0 saturated heterocycles. The van der Waals surface area contributed by atoms with Crippen LogP contribution in [0.1, 0.15) is 12.5 Å². The largest absolute Gasteiger partial charge is 0.355 e. The number of likely N-dealkylation sites (N-methyl/N-ethyl adjacent to an activating group) is 1. The molecule has 1 heterocycles. The Bertz CT molecular complexity index is 548. The predicted octanol–water partition coefficient (Wildman–Crippen LogP) is 0.519. The van der Waals surface area contributed by atoms with E-state index in [1.165, 1.54) is 0 Å².